The largest absolute Gasteiger partial charge is 0.490 e. The molecule has 1 atom stereocenters. The quantitative estimate of drug-likeness (QED) is 0.125. The van der Waals surface area contributed by atoms with Crippen LogP contribution in [0.3, 0.4) is 0 Å². The highest BCUT2D eigenvalue weighted by Crippen LogP contribution is 2.36. The summed E-state index contributed by atoms with van der Waals surface area (Å²) >= 11 is 13.7. The third kappa shape index (κ3) is 6.99. The molecule has 0 N–H and O–H groups in total. The molecule has 7 nitrogen and oxygen atoms in total. The summed E-state index contributed by atoms with van der Waals surface area (Å²) in [6.45, 7) is 12.2. The maximum Gasteiger partial charge on any atom is 0.338 e. The highest BCUT2D eigenvalue weighted by atomic mass is 35.5. The molecule has 2 heterocycles. The van der Waals surface area contributed by atoms with Crippen LogP contribution < -0.4 is 24.4 Å². The first-order valence-corrected chi connectivity index (χ1v) is 16.5. The minimum atomic E-state index is -0.677. The molecule has 4 aromatic rings. The number of carbonyl (C=O) groups is 1. The number of rotatable bonds is 11. The lowest BCUT2D eigenvalue weighted by Gasteiger charge is -2.24. The lowest BCUT2D eigenvalue weighted by atomic mass is 9.95. The zero-order valence-corrected chi connectivity index (χ0v) is 28.4. The van der Waals surface area contributed by atoms with Gasteiger partial charge in [-0.05, 0) is 75.6 Å². The van der Waals surface area contributed by atoms with Gasteiger partial charge in [0.25, 0.3) is 5.56 Å². The van der Waals surface area contributed by atoms with E-state index in [1.807, 2.05) is 62.4 Å². The number of carbonyl (C=O) groups excluding carboxylic acids is 1. The molecule has 0 amide bonds. The lowest BCUT2D eigenvalue weighted by Crippen LogP contribution is -2.39. The van der Waals surface area contributed by atoms with Crippen LogP contribution in [0.4, 0.5) is 0 Å². The molecule has 0 radical (unpaired) electrons. The molecule has 10 heteroatoms. The second kappa shape index (κ2) is 14.5. The van der Waals surface area contributed by atoms with Crippen LogP contribution in [-0.4, -0.2) is 23.8 Å². The minimum absolute atomic E-state index is 0.208. The number of thiazole rings is 1. The number of fused-ring (bicyclic) bond motifs is 1. The van der Waals surface area contributed by atoms with Crippen LogP contribution in [0.1, 0.15) is 54.6 Å². The van der Waals surface area contributed by atoms with Gasteiger partial charge in [0.05, 0.1) is 35.1 Å². The van der Waals surface area contributed by atoms with E-state index < -0.39 is 12.0 Å². The number of benzene rings is 3. The molecular weight excluding hydrogens is 643 g/mol. The number of halogens is 2. The topological polar surface area (TPSA) is 79.1 Å². The monoisotopic (exact) mass is 676 g/mol. The van der Waals surface area contributed by atoms with Crippen molar-refractivity contribution < 1.29 is 19.0 Å². The van der Waals surface area contributed by atoms with Crippen LogP contribution in [0.2, 0.25) is 10.0 Å². The summed E-state index contributed by atoms with van der Waals surface area (Å²) in [6.07, 6.45) is 4.10. The van der Waals surface area contributed by atoms with Crippen molar-refractivity contribution in [3.8, 4) is 11.5 Å². The van der Waals surface area contributed by atoms with Crippen LogP contribution >= 0.6 is 34.5 Å². The molecule has 0 unspecified atom stereocenters. The number of aromatic nitrogens is 1. The van der Waals surface area contributed by atoms with Crippen LogP contribution in [-0.2, 0) is 22.6 Å². The van der Waals surface area contributed by atoms with E-state index in [-0.39, 0.29) is 18.8 Å². The Balaban J connectivity index is 1.62. The van der Waals surface area contributed by atoms with Crippen molar-refractivity contribution in [3.63, 3.8) is 0 Å². The van der Waals surface area contributed by atoms with Gasteiger partial charge in [0.2, 0.25) is 0 Å². The summed E-state index contributed by atoms with van der Waals surface area (Å²) in [7, 11) is 0. The second-order valence-electron chi connectivity index (χ2n) is 10.7. The molecule has 46 heavy (non-hydrogen) atoms. The predicted octanol–water partition coefficient (Wildman–Crippen LogP) is 7.12. The Morgan fingerprint density at radius 3 is 2.46 bits per heavy atom. The summed E-state index contributed by atoms with van der Waals surface area (Å²) in [5.41, 5.74) is 4.83. The number of aryl methyl sites for hydroxylation is 1. The first-order valence-electron chi connectivity index (χ1n) is 14.9. The molecule has 0 saturated heterocycles. The molecule has 1 aromatic heterocycles. The normalized spacial score (nSPS) is 14.5. The average molecular weight is 678 g/mol. The van der Waals surface area contributed by atoms with Gasteiger partial charge in [-0.1, -0.05) is 76.5 Å². The molecule has 0 bridgehead atoms. The minimum Gasteiger partial charge on any atom is -0.490 e. The number of allylic oxidation sites excluding steroid dienone is 2. The Bertz CT molecular complexity index is 2010. The van der Waals surface area contributed by atoms with E-state index in [2.05, 4.69) is 11.6 Å². The third-order valence-electron chi connectivity index (χ3n) is 7.41. The van der Waals surface area contributed by atoms with Gasteiger partial charge >= 0.3 is 5.97 Å². The summed E-state index contributed by atoms with van der Waals surface area (Å²) < 4.78 is 19.7. The van der Waals surface area contributed by atoms with Crippen molar-refractivity contribution in [2.75, 3.05) is 13.2 Å². The number of nitrogens with zero attached hydrogens (tertiary/aromatic N) is 2. The Labute approximate surface area is 281 Å². The van der Waals surface area contributed by atoms with Crippen molar-refractivity contribution in [1.82, 2.24) is 4.57 Å². The number of esters is 1. The van der Waals surface area contributed by atoms with Gasteiger partial charge in [-0.3, -0.25) is 9.36 Å². The summed E-state index contributed by atoms with van der Waals surface area (Å²) in [6, 6.07) is 16.2. The van der Waals surface area contributed by atoms with Crippen LogP contribution in [0.25, 0.3) is 6.08 Å². The fourth-order valence-electron chi connectivity index (χ4n) is 5.30. The molecule has 0 saturated carbocycles. The van der Waals surface area contributed by atoms with Gasteiger partial charge < -0.3 is 14.2 Å². The van der Waals surface area contributed by atoms with Gasteiger partial charge in [-0.25, -0.2) is 9.79 Å². The maximum atomic E-state index is 14.1. The Morgan fingerprint density at radius 2 is 1.78 bits per heavy atom. The number of hydrogen-bond acceptors (Lipinski definition) is 7. The first-order chi connectivity index (χ1) is 22.1. The number of hydrogen-bond donors (Lipinski definition) is 0. The molecule has 1 aliphatic heterocycles. The van der Waals surface area contributed by atoms with E-state index in [1.54, 1.807) is 36.6 Å². The second-order valence-corrected chi connectivity index (χ2v) is 12.5. The zero-order valence-electron chi connectivity index (χ0n) is 26.1. The molecule has 1 aliphatic rings. The van der Waals surface area contributed by atoms with Crippen LogP contribution in [0.15, 0.2) is 88.3 Å². The fourth-order valence-corrected chi connectivity index (χ4v) is 6.81. The summed E-state index contributed by atoms with van der Waals surface area (Å²) in [5.74, 6) is 0.610. The molecule has 5 rings (SSSR count). The van der Waals surface area contributed by atoms with Crippen molar-refractivity contribution >= 4 is 46.6 Å². The highest BCUT2D eigenvalue weighted by Gasteiger charge is 2.33. The highest BCUT2D eigenvalue weighted by molar-refractivity contribution is 7.07. The van der Waals surface area contributed by atoms with E-state index in [0.29, 0.717) is 55.2 Å². The van der Waals surface area contributed by atoms with E-state index >= 15 is 0 Å². The van der Waals surface area contributed by atoms with Gasteiger partial charge in [0.15, 0.2) is 16.3 Å². The summed E-state index contributed by atoms with van der Waals surface area (Å²) in [5, 5.41) is 1.05. The zero-order chi connectivity index (χ0) is 33.0. The van der Waals surface area contributed by atoms with E-state index in [9.17, 15) is 9.59 Å². The van der Waals surface area contributed by atoms with Gasteiger partial charge in [0, 0.05) is 21.2 Å². The average Bonchev–Trinajstić information content (AvgIpc) is 3.31. The van der Waals surface area contributed by atoms with E-state index in [1.165, 1.54) is 11.3 Å². The standard InChI is InChI=1S/C36H34Cl2N2O5S/c1-6-9-25-16-23(17-29(43-7-2)33(25)45-20-26-14-15-27(37)19-28(26)38)18-30-34(41)40-32(24-12-10-21(4)11-13-24)31(35(42)44-8-3)22(5)39-36(40)46-30/h6,10-19,32H,1,7-9,20H2,2-5H3/b30-18+/t32-/m1/s1. The molecule has 238 valence electrons. The Kier molecular flexibility index (Phi) is 10.5. The van der Waals surface area contributed by atoms with Gasteiger partial charge in [-0.2, -0.15) is 0 Å². The molecular formula is C36H34Cl2N2O5S. The third-order valence-corrected chi connectivity index (χ3v) is 8.98. The van der Waals surface area contributed by atoms with E-state index in [4.69, 9.17) is 37.4 Å². The van der Waals surface area contributed by atoms with Crippen LogP contribution in [0, 0.1) is 6.92 Å². The van der Waals surface area contributed by atoms with Crippen molar-refractivity contribution in [2.24, 2.45) is 4.99 Å². The van der Waals surface area contributed by atoms with Crippen molar-refractivity contribution in [1.29, 1.82) is 0 Å². The van der Waals surface area contributed by atoms with Crippen LogP contribution in [0.5, 0.6) is 11.5 Å². The smallest absolute Gasteiger partial charge is 0.338 e. The number of ether oxygens (including phenoxy) is 3. The lowest BCUT2D eigenvalue weighted by molar-refractivity contribution is -0.139. The first kappa shape index (κ1) is 33.3. The predicted molar refractivity (Wildman–Crippen MR) is 184 cm³/mol. The molecule has 3 aromatic carbocycles. The fraction of sp³-hybridized carbons (Fsp3) is 0.250. The molecule has 0 fully saturated rings. The van der Waals surface area contributed by atoms with Gasteiger partial charge in [0.1, 0.15) is 6.61 Å². The Hall–Kier alpha value is -4.11. The Morgan fingerprint density at radius 1 is 1.02 bits per heavy atom. The molecule has 0 spiro atoms. The molecule has 0 aliphatic carbocycles. The van der Waals surface area contributed by atoms with E-state index in [0.717, 1.165) is 27.8 Å². The van der Waals surface area contributed by atoms with Gasteiger partial charge in [-0.15, -0.1) is 6.58 Å². The maximum absolute atomic E-state index is 14.1. The van der Waals surface area contributed by atoms with Crippen molar-refractivity contribution in [2.45, 2.75) is 46.8 Å². The summed E-state index contributed by atoms with van der Waals surface area (Å²) in [4.78, 5) is 32.5. The van der Waals surface area contributed by atoms with Crippen molar-refractivity contribution in [3.05, 3.63) is 136 Å². The SMILES string of the molecule is C=CCc1cc(/C=c2/sc3n(c2=O)[C@H](c2ccc(C)cc2)C(C(=O)OCC)=C(C)N=3)cc(OCC)c1OCc1ccc(Cl)cc1Cl.